The van der Waals surface area contributed by atoms with Crippen LogP contribution in [0.5, 0.6) is 0 Å². The third-order valence-corrected chi connectivity index (χ3v) is 2.83. The zero-order valence-electron chi connectivity index (χ0n) is 10.9. The van der Waals surface area contributed by atoms with Crippen molar-refractivity contribution in [1.82, 2.24) is 0 Å². The molecule has 0 fully saturated rings. The molecule has 0 aromatic heterocycles. The predicted molar refractivity (Wildman–Crippen MR) is 77.5 cm³/mol. The molecule has 5 nitrogen and oxygen atoms in total. The lowest BCUT2D eigenvalue weighted by Crippen LogP contribution is -2.07. The summed E-state index contributed by atoms with van der Waals surface area (Å²) in [5.74, 6) is -1.06. The van der Waals surface area contributed by atoms with Crippen molar-refractivity contribution >= 4 is 29.4 Å². The molecule has 0 radical (unpaired) electrons. The number of carboxylic acids is 1. The Bertz CT molecular complexity index is 636. The third kappa shape index (κ3) is 2.95. The minimum Gasteiger partial charge on any atom is -0.478 e. The van der Waals surface area contributed by atoms with Crippen LogP contribution in [0.2, 0.25) is 0 Å². The predicted octanol–water partition coefficient (Wildman–Crippen LogP) is 3.01. The lowest BCUT2D eigenvalue weighted by molar-refractivity contribution is -0.105. The van der Waals surface area contributed by atoms with Crippen molar-refractivity contribution in [3.63, 3.8) is 0 Å². The Kier molecular flexibility index (Phi) is 4.00. The number of carboxylic acid groups (broad SMARTS) is 1. The lowest BCUT2D eigenvalue weighted by Gasteiger charge is -2.14. The minimum atomic E-state index is -1.06. The molecule has 0 spiro atoms. The summed E-state index contributed by atoms with van der Waals surface area (Å²) in [6.07, 6.45) is 0.515. The lowest BCUT2D eigenvalue weighted by atomic mass is 10.1. The number of amides is 1. The third-order valence-electron chi connectivity index (χ3n) is 2.83. The molecule has 2 aromatic rings. The van der Waals surface area contributed by atoms with Crippen LogP contribution in [0.15, 0.2) is 42.5 Å². The Balaban J connectivity index is 2.44. The molecule has 3 N–H and O–H groups in total. The largest absolute Gasteiger partial charge is 0.478 e. The summed E-state index contributed by atoms with van der Waals surface area (Å²) in [4.78, 5) is 21.9. The summed E-state index contributed by atoms with van der Waals surface area (Å²) in [5, 5.41) is 14.8. The normalized spacial score (nSPS) is 9.85. The van der Waals surface area contributed by atoms with Gasteiger partial charge >= 0.3 is 5.97 Å². The number of para-hydroxylation sites is 1. The van der Waals surface area contributed by atoms with Crippen LogP contribution in [0.4, 0.5) is 17.1 Å². The second-order valence-electron chi connectivity index (χ2n) is 4.29. The van der Waals surface area contributed by atoms with E-state index in [0.29, 0.717) is 17.8 Å². The first kappa shape index (κ1) is 13.6. The van der Waals surface area contributed by atoms with Gasteiger partial charge in [0.15, 0.2) is 0 Å². The Morgan fingerprint density at radius 2 is 1.85 bits per heavy atom. The Morgan fingerprint density at radius 3 is 2.45 bits per heavy atom. The van der Waals surface area contributed by atoms with Crippen molar-refractivity contribution in [2.75, 3.05) is 10.6 Å². The van der Waals surface area contributed by atoms with Crippen LogP contribution in [-0.2, 0) is 4.79 Å². The molecule has 0 heterocycles. The van der Waals surface area contributed by atoms with Crippen molar-refractivity contribution in [2.24, 2.45) is 0 Å². The van der Waals surface area contributed by atoms with E-state index in [1.807, 2.05) is 31.2 Å². The zero-order chi connectivity index (χ0) is 14.5. The second kappa shape index (κ2) is 5.88. The topological polar surface area (TPSA) is 78.4 Å². The van der Waals surface area contributed by atoms with Gasteiger partial charge in [-0.1, -0.05) is 23.8 Å². The number of benzene rings is 2. The van der Waals surface area contributed by atoms with Gasteiger partial charge < -0.3 is 15.7 Å². The molecule has 0 saturated carbocycles. The van der Waals surface area contributed by atoms with Crippen LogP contribution < -0.4 is 10.6 Å². The molecule has 5 heteroatoms. The number of aryl methyl sites for hydroxylation is 1. The van der Waals surface area contributed by atoms with Crippen LogP contribution in [0, 0.1) is 6.92 Å². The van der Waals surface area contributed by atoms with E-state index in [2.05, 4.69) is 10.6 Å². The molecule has 2 aromatic carbocycles. The van der Waals surface area contributed by atoms with Crippen LogP contribution in [0.3, 0.4) is 0 Å². The van der Waals surface area contributed by atoms with E-state index in [-0.39, 0.29) is 5.56 Å². The molecule has 0 bridgehead atoms. The molecule has 0 aliphatic rings. The molecular formula is C15H14N2O3. The van der Waals surface area contributed by atoms with Crippen LogP contribution in [0.25, 0.3) is 0 Å². The van der Waals surface area contributed by atoms with Crippen molar-refractivity contribution < 1.29 is 14.7 Å². The fourth-order valence-electron chi connectivity index (χ4n) is 1.83. The molecule has 0 atom stereocenters. The number of hydrogen-bond acceptors (Lipinski definition) is 3. The number of carbonyl (C=O) groups is 2. The van der Waals surface area contributed by atoms with Gasteiger partial charge in [-0.15, -0.1) is 0 Å². The molecule has 0 unspecified atom stereocenters. The van der Waals surface area contributed by atoms with Crippen LogP contribution in [-0.4, -0.2) is 17.5 Å². The van der Waals surface area contributed by atoms with Gasteiger partial charge in [0.1, 0.15) is 0 Å². The van der Waals surface area contributed by atoms with Crippen molar-refractivity contribution in [1.29, 1.82) is 0 Å². The number of hydrogen-bond donors (Lipinski definition) is 3. The molecule has 1 amide bonds. The van der Waals surface area contributed by atoms with E-state index in [1.165, 1.54) is 6.07 Å². The summed E-state index contributed by atoms with van der Waals surface area (Å²) >= 11 is 0. The van der Waals surface area contributed by atoms with E-state index >= 15 is 0 Å². The number of aromatic carboxylic acids is 1. The van der Waals surface area contributed by atoms with Gasteiger partial charge in [-0.3, -0.25) is 4.79 Å². The highest BCUT2D eigenvalue weighted by atomic mass is 16.4. The number of anilines is 3. The van der Waals surface area contributed by atoms with E-state index < -0.39 is 5.97 Å². The van der Waals surface area contributed by atoms with E-state index in [4.69, 9.17) is 0 Å². The summed E-state index contributed by atoms with van der Waals surface area (Å²) < 4.78 is 0. The van der Waals surface area contributed by atoms with Gasteiger partial charge in [0, 0.05) is 5.69 Å². The Labute approximate surface area is 116 Å². The first-order valence-corrected chi connectivity index (χ1v) is 6.02. The zero-order valence-corrected chi connectivity index (χ0v) is 10.9. The standard InChI is InChI=1S/C15H14N2O3/c1-10-5-7-11(8-6-10)17-14-12(15(19)20)3-2-4-13(14)16-9-18/h2-9,17H,1H3,(H,16,18)(H,19,20). The van der Waals surface area contributed by atoms with E-state index in [9.17, 15) is 14.7 Å². The summed E-state index contributed by atoms with van der Waals surface area (Å²) in [7, 11) is 0. The van der Waals surface area contributed by atoms with Gasteiger partial charge in [-0.05, 0) is 31.2 Å². The van der Waals surface area contributed by atoms with Crippen LogP contribution >= 0.6 is 0 Å². The maximum absolute atomic E-state index is 11.3. The Hall–Kier alpha value is -2.82. The first-order chi connectivity index (χ1) is 9.61. The fraction of sp³-hybridized carbons (Fsp3) is 0.0667. The molecule has 0 saturated heterocycles. The number of nitrogens with one attached hydrogen (secondary N) is 2. The highest BCUT2D eigenvalue weighted by Gasteiger charge is 2.14. The summed E-state index contributed by atoms with van der Waals surface area (Å²) in [6, 6.07) is 12.2. The summed E-state index contributed by atoms with van der Waals surface area (Å²) in [5.41, 5.74) is 2.72. The van der Waals surface area contributed by atoms with Gasteiger partial charge in [-0.2, -0.15) is 0 Å². The van der Waals surface area contributed by atoms with Crippen LogP contribution in [0.1, 0.15) is 15.9 Å². The molecule has 0 aliphatic carbocycles. The second-order valence-corrected chi connectivity index (χ2v) is 4.29. The van der Waals surface area contributed by atoms with Gasteiger partial charge in [-0.25, -0.2) is 4.79 Å². The molecule has 0 aliphatic heterocycles. The van der Waals surface area contributed by atoms with Gasteiger partial charge in [0.25, 0.3) is 0 Å². The molecular weight excluding hydrogens is 256 g/mol. The maximum Gasteiger partial charge on any atom is 0.337 e. The molecule has 20 heavy (non-hydrogen) atoms. The monoisotopic (exact) mass is 270 g/mol. The SMILES string of the molecule is Cc1ccc(Nc2c(NC=O)cccc2C(=O)O)cc1. The minimum absolute atomic E-state index is 0.0948. The summed E-state index contributed by atoms with van der Waals surface area (Å²) in [6.45, 7) is 1.97. The highest BCUT2D eigenvalue weighted by Crippen LogP contribution is 2.29. The Morgan fingerprint density at radius 1 is 1.15 bits per heavy atom. The average Bonchev–Trinajstić information content (AvgIpc) is 2.43. The van der Waals surface area contributed by atoms with Crippen molar-refractivity contribution in [3.05, 3.63) is 53.6 Å². The number of carbonyl (C=O) groups excluding carboxylic acids is 1. The van der Waals surface area contributed by atoms with E-state index in [0.717, 1.165) is 11.3 Å². The van der Waals surface area contributed by atoms with Crippen molar-refractivity contribution in [3.8, 4) is 0 Å². The smallest absolute Gasteiger partial charge is 0.337 e. The molecule has 2 rings (SSSR count). The van der Waals surface area contributed by atoms with Crippen molar-refractivity contribution in [2.45, 2.75) is 6.92 Å². The maximum atomic E-state index is 11.3. The first-order valence-electron chi connectivity index (χ1n) is 6.02. The highest BCUT2D eigenvalue weighted by molar-refractivity contribution is 6.00. The van der Waals surface area contributed by atoms with Gasteiger partial charge in [0.2, 0.25) is 6.41 Å². The van der Waals surface area contributed by atoms with Gasteiger partial charge in [0.05, 0.1) is 16.9 Å². The number of rotatable bonds is 5. The average molecular weight is 270 g/mol. The fourth-order valence-corrected chi connectivity index (χ4v) is 1.83. The quantitative estimate of drug-likeness (QED) is 0.730. The molecule has 102 valence electrons. The van der Waals surface area contributed by atoms with E-state index in [1.54, 1.807) is 12.1 Å².